The van der Waals surface area contributed by atoms with Crippen molar-refractivity contribution in [3.63, 3.8) is 0 Å². The molecule has 5 nitrogen and oxygen atoms in total. The average molecular weight is 438 g/mol. The Morgan fingerprint density at radius 3 is 2.48 bits per heavy atom. The highest BCUT2D eigenvalue weighted by molar-refractivity contribution is 6.11. The van der Waals surface area contributed by atoms with Crippen LogP contribution in [0.25, 0.3) is 10.9 Å². The first-order valence-corrected chi connectivity index (χ1v) is 11.4. The second-order valence-corrected chi connectivity index (χ2v) is 8.92. The summed E-state index contributed by atoms with van der Waals surface area (Å²) < 4.78 is 0. The SMILES string of the molecule is Cc1cnc2c(O)c(C(=O)c3cc(Cc4ccccc4)cc(CN4CCCC4)c3)ncc2c1. The number of aromatic hydroxyl groups is 1. The number of hydrogen-bond acceptors (Lipinski definition) is 5. The molecule has 1 aliphatic heterocycles. The number of nitrogens with zero attached hydrogens (tertiary/aromatic N) is 3. The minimum absolute atomic E-state index is 0.0443. The van der Waals surface area contributed by atoms with E-state index in [2.05, 4.69) is 33.1 Å². The van der Waals surface area contributed by atoms with Crippen molar-refractivity contribution in [1.29, 1.82) is 0 Å². The van der Waals surface area contributed by atoms with E-state index in [0.717, 1.165) is 48.1 Å². The summed E-state index contributed by atoms with van der Waals surface area (Å²) >= 11 is 0. The molecule has 3 heterocycles. The van der Waals surface area contributed by atoms with Gasteiger partial charge < -0.3 is 5.11 Å². The Labute approximate surface area is 193 Å². The van der Waals surface area contributed by atoms with Crippen LogP contribution in [0.1, 0.15) is 51.1 Å². The zero-order valence-electron chi connectivity index (χ0n) is 18.8. The summed E-state index contributed by atoms with van der Waals surface area (Å²) in [4.78, 5) is 24.6. The van der Waals surface area contributed by atoms with Crippen LogP contribution in [0.3, 0.4) is 0 Å². The predicted octanol–water partition coefficient (Wildman–Crippen LogP) is 5.06. The molecule has 0 unspecified atom stereocenters. The fraction of sp³-hybridized carbons (Fsp3) is 0.250. The quantitative estimate of drug-likeness (QED) is 0.427. The van der Waals surface area contributed by atoms with Gasteiger partial charge in [-0.1, -0.05) is 36.4 Å². The van der Waals surface area contributed by atoms with Crippen molar-refractivity contribution in [2.75, 3.05) is 13.1 Å². The monoisotopic (exact) mass is 437 g/mol. The van der Waals surface area contributed by atoms with Gasteiger partial charge in [0.05, 0.1) is 0 Å². The zero-order valence-corrected chi connectivity index (χ0v) is 18.8. The van der Waals surface area contributed by atoms with Crippen LogP contribution in [-0.4, -0.2) is 38.8 Å². The van der Waals surface area contributed by atoms with Crippen LogP contribution in [0.4, 0.5) is 0 Å². The maximum Gasteiger partial charge on any atom is 0.215 e. The minimum Gasteiger partial charge on any atom is -0.504 e. The Bertz CT molecular complexity index is 1310. The fourth-order valence-electron chi connectivity index (χ4n) is 4.62. The predicted molar refractivity (Wildman–Crippen MR) is 130 cm³/mol. The number of aryl methyl sites for hydroxylation is 1. The minimum atomic E-state index is -0.283. The molecule has 2 aromatic carbocycles. The Hall–Kier alpha value is -3.57. The van der Waals surface area contributed by atoms with Gasteiger partial charge in [0, 0.05) is 29.9 Å². The van der Waals surface area contributed by atoms with Crippen molar-refractivity contribution in [3.05, 3.63) is 101 Å². The van der Waals surface area contributed by atoms with Crippen molar-refractivity contribution in [2.24, 2.45) is 0 Å². The molecule has 0 bridgehead atoms. The zero-order chi connectivity index (χ0) is 22.8. The van der Waals surface area contributed by atoms with Gasteiger partial charge in [-0.25, -0.2) is 4.98 Å². The van der Waals surface area contributed by atoms with E-state index in [1.54, 1.807) is 12.4 Å². The lowest BCUT2D eigenvalue weighted by molar-refractivity contribution is 0.103. The third kappa shape index (κ3) is 4.64. The molecule has 1 fully saturated rings. The van der Waals surface area contributed by atoms with E-state index in [1.807, 2.05) is 43.3 Å². The van der Waals surface area contributed by atoms with E-state index in [4.69, 9.17) is 0 Å². The van der Waals surface area contributed by atoms with E-state index >= 15 is 0 Å². The van der Waals surface area contributed by atoms with Gasteiger partial charge in [0.1, 0.15) is 5.52 Å². The molecular weight excluding hydrogens is 410 g/mol. The first kappa shape index (κ1) is 21.3. The molecule has 1 N–H and O–H groups in total. The molecule has 1 saturated heterocycles. The Morgan fingerprint density at radius 2 is 1.70 bits per heavy atom. The Morgan fingerprint density at radius 1 is 0.939 bits per heavy atom. The topological polar surface area (TPSA) is 66.3 Å². The Kier molecular flexibility index (Phi) is 5.88. The maximum atomic E-state index is 13.5. The fourth-order valence-corrected chi connectivity index (χ4v) is 4.62. The van der Waals surface area contributed by atoms with Crippen molar-refractivity contribution >= 4 is 16.7 Å². The third-order valence-corrected chi connectivity index (χ3v) is 6.22. The second-order valence-electron chi connectivity index (χ2n) is 8.92. The highest BCUT2D eigenvalue weighted by Gasteiger charge is 2.20. The number of carbonyl (C=O) groups excluding carboxylic acids is 1. The van der Waals surface area contributed by atoms with E-state index in [9.17, 15) is 9.90 Å². The summed E-state index contributed by atoms with van der Waals surface area (Å²) in [5.74, 6) is -0.443. The van der Waals surface area contributed by atoms with E-state index in [0.29, 0.717) is 11.1 Å². The van der Waals surface area contributed by atoms with Gasteiger partial charge in [0.15, 0.2) is 11.4 Å². The molecule has 0 atom stereocenters. The number of carbonyl (C=O) groups is 1. The largest absolute Gasteiger partial charge is 0.504 e. The van der Waals surface area contributed by atoms with E-state index in [1.165, 1.54) is 18.4 Å². The number of ketones is 1. The normalized spacial score (nSPS) is 14.1. The number of benzene rings is 2. The lowest BCUT2D eigenvalue weighted by Gasteiger charge is -2.17. The van der Waals surface area contributed by atoms with Gasteiger partial charge in [-0.05, 0) is 79.7 Å². The number of pyridine rings is 2. The smallest absolute Gasteiger partial charge is 0.215 e. The first-order valence-electron chi connectivity index (χ1n) is 11.4. The molecule has 0 radical (unpaired) electrons. The molecule has 0 aliphatic carbocycles. The van der Waals surface area contributed by atoms with Gasteiger partial charge in [0.25, 0.3) is 0 Å². The van der Waals surface area contributed by atoms with Crippen molar-refractivity contribution in [3.8, 4) is 5.75 Å². The summed E-state index contributed by atoms with van der Waals surface area (Å²) in [7, 11) is 0. The van der Waals surface area contributed by atoms with E-state index in [-0.39, 0.29) is 17.2 Å². The van der Waals surface area contributed by atoms with Crippen LogP contribution in [0, 0.1) is 6.92 Å². The Balaban J connectivity index is 1.53. The average Bonchev–Trinajstić information content (AvgIpc) is 3.32. The van der Waals surface area contributed by atoms with Crippen LogP contribution in [0.5, 0.6) is 5.75 Å². The van der Waals surface area contributed by atoms with Crippen LogP contribution in [-0.2, 0) is 13.0 Å². The molecular formula is C28H27N3O2. The highest BCUT2D eigenvalue weighted by atomic mass is 16.3. The number of fused-ring (bicyclic) bond motifs is 1. The van der Waals surface area contributed by atoms with Gasteiger partial charge in [0.2, 0.25) is 5.78 Å². The van der Waals surface area contributed by atoms with Gasteiger partial charge in [-0.2, -0.15) is 0 Å². The number of likely N-dealkylation sites (tertiary alicyclic amines) is 1. The molecule has 4 aromatic rings. The summed E-state index contributed by atoms with van der Waals surface area (Å²) in [5.41, 5.74) is 5.35. The molecule has 0 spiro atoms. The van der Waals surface area contributed by atoms with Crippen molar-refractivity contribution in [2.45, 2.75) is 32.7 Å². The molecule has 0 amide bonds. The number of rotatable bonds is 6. The number of hydrogen-bond donors (Lipinski definition) is 1. The van der Waals surface area contributed by atoms with Crippen LogP contribution >= 0.6 is 0 Å². The van der Waals surface area contributed by atoms with Gasteiger partial charge in [-0.3, -0.25) is 14.7 Å². The van der Waals surface area contributed by atoms with Crippen molar-refractivity contribution in [1.82, 2.24) is 14.9 Å². The summed E-state index contributed by atoms with van der Waals surface area (Å²) in [6.45, 7) is 4.93. The van der Waals surface area contributed by atoms with Crippen LogP contribution in [0.15, 0.2) is 67.0 Å². The van der Waals surface area contributed by atoms with Crippen molar-refractivity contribution < 1.29 is 9.90 Å². The second kappa shape index (κ2) is 9.12. The molecule has 1 aliphatic rings. The lowest BCUT2D eigenvalue weighted by atomic mass is 9.96. The summed E-state index contributed by atoms with van der Waals surface area (Å²) in [6.07, 6.45) is 6.48. The molecule has 5 rings (SSSR count). The molecule has 33 heavy (non-hydrogen) atoms. The summed E-state index contributed by atoms with van der Waals surface area (Å²) in [5, 5.41) is 11.5. The lowest BCUT2D eigenvalue weighted by Crippen LogP contribution is -2.19. The number of aromatic nitrogens is 2. The highest BCUT2D eigenvalue weighted by Crippen LogP contribution is 2.28. The maximum absolute atomic E-state index is 13.5. The van der Waals surface area contributed by atoms with Gasteiger partial charge in [-0.15, -0.1) is 0 Å². The van der Waals surface area contributed by atoms with Gasteiger partial charge >= 0.3 is 0 Å². The first-order chi connectivity index (χ1) is 16.1. The molecule has 166 valence electrons. The standard InChI is InChI=1S/C28H27N3O2/c1-19-11-24-17-30-26(28(33)25(24)29-16-19)27(32)23-14-21(12-20-7-3-2-4-8-20)13-22(15-23)18-31-9-5-6-10-31/h2-4,7-8,11,13-17,33H,5-6,9-10,12,18H2,1H3. The third-order valence-electron chi connectivity index (χ3n) is 6.22. The summed E-state index contributed by atoms with van der Waals surface area (Å²) in [6, 6.07) is 18.2. The molecule has 0 saturated carbocycles. The molecule has 5 heteroatoms. The van der Waals surface area contributed by atoms with Crippen LogP contribution in [0.2, 0.25) is 0 Å². The molecule has 2 aromatic heterocycles. The van der Waals surface area contributed by atoms with E-state index < -0.39 is 0 Å². The van der Waals surface area contributed by atoms with Crippen LogP contribution < -0.4 is 0 Å².